The highest BCUT2D eigenvalue weighted by Gasteiger charge is 2.07. The third kappa shape index (κ3) is 7.70. The molecule has 14 heavy (non-hydrogen) atoms. The number of morpholine rings is 1. The Morgan fingerprint density at radius 3 is 2.07 bits per heavy atom. The zero-order valence-corrected chi connectivity index (χ0v) is 8.41. The molecule has 5 nitrogen and oxygen atoms in total. The summed E-state index contributed by atoms with van der Waals surface area (Å²) in [4.78, 5) is 19.9. The molecule has 0 aliphatic carbocycles. The molecule has 82 valence electrons. The Labute approximate surface area is 83.4 Å². The number of carboxylic acid groups (broad SMARTS) is 1. The number of ketones is 1. The minimum absolute atomic E-state index is 0.148. The van der Waals surface area contributed by atoms with Crippen LogP contribution in [0.5, 0.6) is 0 Å². The van der Waals surface area contributed by atoms with Gasteiger partial charge in [0, 0.05) is 19.5 Å². The number of aliphatic carboxylic acids is 1. The summed E-state index contributed by atoms with van der Waals surface area (Å²) < 4.78 is 5.01. The maximum Gasteiger partial charge on any atom is 0.372 e. The van der Waals surface area contributed by atoms with Crippen molar-refractivity contribution in [2.75, 3.05) is 26.3 Å². The van der Waals surface area contributed by atoms with Crippen LogP contribution >= 0.6 is 0 Å². The van der Waals surface area contributed by atoms with Crippen molar-refractivity contribution < 1.29 is 19.4 Å². The summed E-state index contributed by atoms with van der Waals surface area (Å²) in [7, 11) is 0. The Morgan fingerprint density at radius 1 is 1.36 bits per heavy atom. The number of hydrogen-bond donors (Lipinski definition) is 2. The summed E-state index contributed by atoms with van der Waals surface area (Å²) in [5, 5.41) is 11.1. The third-order valence-electron chi connectivity index (χ3n) is 1.56. The second-order valence-corrected chi connectivity index (χ2v) is 2.84. The minimum atomic E-state index is -1.33. The van der Waals surface area contributed by atoms with Crippen molar-refractivity contribution >= 4 is 11.8 Å². The summed E-state index contributed by atoms with van der Waals surface area (Å²) in [5.41, 5.74) is 0. The molecule has 0 atom stereocenters. The van der Waals surface area contributed by atoms with E-state index in [1.165, 1.54) is 0 Å². The van der Waals surface area contributed by atoms with E-state index in [1.54, 1.807) is 6.92 Å². The second kappa shape index (κ2) is 8.65. The Kier molecular flexibility index (Phi) is 8.07. The molecule has 0 spiro atoms. The van der Waals surface area contributed by atoms with Gasteiger partial charge in [0.05, 0.1) is 13.2 Å². The van der Waals surface area contributed by atoms with Crippen LogP contribution in [0, 0.1) is 0 Å². The molecule has 0 radical (unpaired) electrons. The molecule has 1 heterocycles. The van der Waals surface area contributed by atoms with Gasteiger partial charge in [-0.05, 0) is 6.42 Å². The van der Waals surface area contributed by atoms with E-state index in [4.69, 9.17) is 9.84 Å². The fourth-order valence-electron chi connectivity index (χ4n) is 0.850. The number of ether oxygens (including phenoxy) is 1. The molecule has 1 fully saturated rings. The highest BCUT2D eigenvalue weighted by molar-refractivity contribution is 6.32. The zero-order valence-electron chi connectivity index (χ0n) is 8.41. The first-order valence-electron chi connectivity index (χ1n) is 4.73. The van der Waals surface area contributed by atoms with Gasteiger partial charge in [0.25, 0.3) is 0 Å². The van der Waals surface area contributed by atoms with E-state index < -0.39 is 11.8 Å². The average Bonchev–Trinajstić information content (AvgIpc) is 2.21. The van der Waals surface area contributed by atoms with Crippen LogP contribution in [0.25, 0.3) is 0 Å². The standard InChI is InChI=1S/C5H8O3.C4H9NO/c1-2-3-4(6)5(7)8;1-3-6-4-2-5-1/h2-3H2,1H3,(H,7,8);5H,1-4H2. The third-order valence-corrected chi connectivity index (χ3v) is 1.56. The van der Waals surface area contributed by atoms with Crippen LogP contribution in [-0.4, -0.2) is 43.2 Å². The van der Waals surface area contributed by atoms with Crippen molar-refractivity contribution in [2.45, 2.75) is 19.8 Å². The topological polar surface area (TPSA) is 75.6 Å². The van der Waals surface area contributed by atoms with Crippen molar-refractivity contribution in [3.8, 4) is 0 Å². The second-order valence-electron chi connectivity index (χ2n) is 2.84. The summed E-state index contributed by atoms with van der Waals surface area (Å²) in [6.07, 6.45) is 0.750. The summed E-state index contributed by atoms with van der Waals surface area (Å²) in [6, 6.07) is 0. The van der Waals surface area contributed by atoms with Crippen LogP contribution in [0.4, 0.5) is 0 Å². The van der Waals surface area contributed by atoms with Crippen LogP contribution in [0.3, 0.4) is 0 Å². The predicted molar refractivity (Wildman–Crippen MR) is 51.2 cm³/mol. The predicted octanol–water partition coefficient (Wildman–Crippen LogP) is 0.0464. The first-order chi connectivity index (χ1) is 6.68. The van der Waals surface area contributed by atoms with Crippen molar-refractivity contribution in [1.29, 1.82) is 0 Å². The lowest BCUT2D eigenvalue weighted by atomic mass is 10.2. The molecule has 1 rings (SSSR count). The van der Waals surface area contributed by atoms with Gasteiger partial charge in [0.15, 0.2) is 0 Å². The first-order valence-corrected chi connectivity index (χ1v) is 4.73. The molecule has 5 heteroatoms. The zero-order chi connectivity index (χ0) is 10.8. The van der Waals surface area contributed by atoms with Gasteiger partial charge in [-0.1, -0.05) is 6.92 Å². The lowest BCUT2D eigenvalue weighted by molar-refractivity contribution is -0.149. The molecular formula is C9H17NO4. The molecule has 1 aliphatic heterocycles. The lowest BCUT2D eigenvalue weighted by Gasteiger charge is -2.10. The van der Waals surface area contributed by atoms with Crippen LogP contribution in [0.2, 0.25) is 0 Å². The van der Waals surface area contributed by atoms with E-state index in [0.717, 1.165) is 26.3 Å². The number of carbonyl (C=O) groups is 2. The Hall–Kier alpha value is -0.940. The molecule has 0 bridgehead atoms. The molecule has 0 saturated carbocycles. The SMILES string of the molecule is C1COCCN1.CCCC(=O)C(=O)O. The summed E-state index contributed by atoms with van der Waals surface area (Å²) in [5.74, 6) is -2.03. The molecule has 0 unspecified atom stereocenters. The first kappa shape index (κ1) is 13.1. The fourth-order valence-corrected chi connectivity index (χ4v) is 0.850. The Bertz CT molecular complexity index is 166. The highest BCUT2D eigenvalue weighted by Crippen LogP contribution is 1.87. The molecular weight excluding hydrogens is 186 g/mol. The van der Waals surface area contributed by atoms with Gasteiger partial charge < -0.3 is 15.2 Å². The van der Waals surface area contributed by atoms with E-state index in [0.29, 0.717) is 6.42 Å². The van der Waals surface area contributed by atoms with Gasteiger partial charge in [-0.15, -0.1) is 0 Å². The number of carboxylic acids is 1. The number of hydrogen-bond acceptors (Lipinski definition) is 4. The molecule has 2 N–H and O–H groups in total. The van der Waals surface area contributed by atoms with Crippen molar-refractivity contribution in [2.24, 2.45) is 0 Å². The van der Waals surface area contributed by atoms with Gasteiger partial charge in [0.1, 0.15) is 0 Å². The van der Waals surface area contributed by atoms with Crippen molar-refractivity contribution in [3.63, 3.8) is 0 Å². The number of carbonyl (C=O) groups excluding carboxylic acids is 1. The molecule has 0 aromatic heterocycles. The Balaban J connectivity index is 0.000000249. The maximum atomic E-state index is 10.1. The summed E-state index contributed by atoms with van der Waals surface area (Å²) >= 11 is 0. The fraction of sp³-hybridized carbons (Fsp3) is 0.778. The number of nitrogens with one attached hydrogen (secondary N) is 1. The quantitative estimate of drug-likeness (QED) is 0.634. The average molecular weight is 203 g/mol. The van der Waals surface area contributed by atoms with Gasteiger partial charge in [0.2, 0.25) is 5.78 Å². The van der Waals surface area contributed by atoms with E-state index in [2.05, 4.69) is 5.32 Å². The molecule has 1 aliphatic rings. The van der Waals surface area contributed by atoms with E-state index in [1.807, 2.05) is 0 Å². The minimum Gasteiger partial charge on any atom is -0.476 e. The van der Waals surface area contributed by atoms with E-state index >= 15 is 0 Å². The monoisotopic (exact) mass is 203 g/mol. The number of rotatable bonds is 3. The molecule has 0 aromatic carbocycles. The normalized spacial score (nSPS) is 15.2. The van der Waals surface area contributed by atoms with E-state index in [9.17, 15) is 9.59 Å². The van der Waals surface area contributed by atoms with Gasteiger partial charge >= 0.3 is 5.97 Å². The van der Waals surface area contributed by atoms with Crippen LogP contribution in [0.1, 0.15) is 19.8 Å². The highest BCUT2D eigenvalue weighted by atomic mass is 16.5. The van der Waals surface area contributed by atoms with Crippen molar-refractivity contribution in [1.82, 2.24) is 5.32 Å². The van der Waals surface area contributed by atoms with Gasteiger partial charge in [-0.25, -0.2) is 4.79 Å². The smallest absolute Gasteiger partial charge is 0.372 e. The van der Waals surface area contributed by atoms with Gasteiger partial charge in [-0.2, -0.15) is 0 Å². The Morgan fingerprint density at radius 2 is 1.93 bits per heavy atom. The van der Waals surface area contributed by atoms with Crippen molar-refractivity contribution in [3.05, 3.63) is 0 Å². The number of Topliss-reactive ketones (excluding diaryl/α,β-unsaturated/α-hetero) is 1. The largest absolute Gasteiger partial charge is 0.476 e. The summed E-state index contributed by atoms with van der Waals surface area (Å²) in [6.45, 7) is 5.60. The lowest BCUT2D eigenvalue weighted by Crippen LogP contribution is -2.30. The van der Waals surface area contributed by atoms with Gasteiger partial charge in [-0.3, -0.25) is 4.79 Å². The van der Waals surface area contributed by atoms with Crippen LogP contribution < -0.4 is 5.32 Å². The van der Waals surface area contributed by atoms with Crippen LogP contribution in [0.15, 0.2) is 0 Å². The van der Waals surface area contributed by atoms with E-state index in [-0.39, 0.29) is 6.42 Å². The maximum absolute atomic E-state index is 10.1. The molecule has 0 amide bonds. The van der Waals surface area contributed by atoms with Crippen LogP contribution in [-0.2, 0) is 14.3 Å². The molecule has 0 aromatic rings. The molecule has 1 saturated heterocycles.